The first kappa shape index (κ1) is 14.9. The van der Waals surface area contributed by atoms with Gasteiger partial charge in [-0.15, -0.1) is 0 Å². The molecule has 2 rings (SSSR count). The first-order valence-electron chi connectivity index (χ1n) is 5.75. The smallest absolute Gasteiger partial charge is 0.336 e. The number of rotatable bonds is 3. The number of carboxylic acid groups (broad SMARTS) is 1. The molecule has 0 aliphatic rings. The van der Waals surface area contributed by atoms with Crippen LogP contribution in [-0.2, 0) is 0 Å². The fourth-order valence-corrected chi connectivity index (χ4v) is 2.10. The molecule has 6 nitrogen and oxygen atoms in total. The van der Waals surface area contributed by atoms with Crippen molar-refractivity contribution in [3.05, 3.63) is 52.0 Å². The van der Waals surface area contributed by atoms with Crippen LogP contribution in [0.3, 0.4) is 0 Å². The largest absolute Gasteiger partial charge is 0.504 e. The van der Waals surface area contributed by atoms with Crippen molar-refractivity contribution in [2.75, 3.05) is 5.32 Å². The lowest BCUT2D eigenvalue weighted by Gasteiger charge is -2.09. The van der Waals surface area contributed by atoms with E-state index in [1.165, 1.54) is 36.4 Å². The number of anilines is 1. The van der Waals surface area contributed by atoms with E-state index in [0.29, 0.717) is 4.47 Å². The molecule has 0 atom stereocenters. The van der Waals surface area contributed by atoms with Crippen molar-refractivity contribution in [3.8, 4) is 11.5 Å². The van der Waals surface area contributed by atoms with Gasteiger partial charge in [0.25, 0.3) is 5.91 Å². The van der Waals surface area contributed by atoms with Crippen molar-refractivity contribution in [2.24, 2.45) is 0 Å². The number of phenols is 2. The first-order valence-corrected chi connectivity index (χ1v) is 6.54. The van der Waals surface area contributed by atoms with Gasteiger partial charge in [0.15, 0.2) is 11.5 Å². The summed E-state index contributed by atoms with van der Waals surface area (Å²) in [5.41, 5.74) is 0.131. The number of aromatic hydroxyl groups is 2. The first-order chi connectivity index (χ1) is 9.90. The molecule has 2 aromatic carbocycles. The zero-order valence-corrected chi connectivity index (χ0v) is 12.1. The SMILES string of the molecule is O=C(O)c1cc(NC(=O)c2cccc(O)c2O)ccc1Br. The number of nitrogens with one attached hydrogen (secondary N) is 1. The van der Waals surface area contributed by atoms with E-state index in [9.17, 15) is 19.8 Å². The van der Waals surface area contributed by atoms with Crippen molar-refractivity contribution in [3.63, 3.8) is 0 Å². The summed E-state index contributed by atoms with van der Waals surface area (Å²) in [4.78, 5) is 23.0. The van der Waals surface area contributed by atoms with Gasteiger partial charge < -0.3 is 20.6 Å². The Balaban J connectivity index is 2.30. The highest BCUT2D eigenvalue weighted by Gasteiger charge is 2.15. The van der Waals surface area contributed by atoms with Gasteiger partial charge in [0.2, 0.25) is 0 Å². The van der Waals surface area contributed by atoms with Crippen LogP contribution in [0.2, 0.25) is 0 Å². The third kappa shape index (κ3) is 3.14. The number of para-hydroxylation sites is 1. The highest BCUT2D eigenvalue weighted by Crippen LogP contribution is 2.29. The third-order valence-electron chi connectivity index (χ3n) is 2.71. The predicted molar refractivity (Wildman–Crippen MR) is 78.8 cm³/mol. The summed E-state index contributed by atoms with van der Waals surface area (Å²) in [6.07, 6.45) is 0. The molecule has 7 heteroatoms. The van der Waals surface area contributed by atoms with Crippen molar-refractivity contribution in [1.29, 1.82) is 0 Å². The van der Waals surface area contributed by atoms with Crippen LogP contribution in [0.5, 0.6) is 11.5 Å². The van der Waals surface area contributed by atoms with Gasteiger partial charge in [-0.3, -0.25) is 4.79 Å². The monoisotopic (exact) mass is 351 g/mol. The molecule has 21 heavy (non-hydrogen) atoms. The molecule has 0 bridgehead atoms. The molecule has 0 fully saturated rings. The summed E-state index contributed by atoms with van der Waals surface area (Å²) >= 11 is 3.10. The Morgan fingerprint density at radius 1 is 1.05 bits per heavy atom. The Morgan fingerprint density at radius 3 is 2.43 bits per heavy atom. The summed E-state index contributed by atoms with van der Waals surface area (Å²) in [5.74, 6) is -2.75. The second kappa shape index (κ2) is 5.84. The summed E-state index contributed by atoms with van der Waals surface area (Å²) in [6.45, 7) is 0. The van der Waals surface area contributed by atoms with Gasteiger partial charge in [-0.25, -0.2) is 4.79 Å². The Hall–Kier alpha value is -2.54. The highest BCUT2D eigenvalue weighted by atomic mass is 79.9. The van der Waals surface area contributed by atoms with Crippen molar-refractivity contribution in [2.45, 2.75) is 0 Å². The number of carbonyl (C=O) groups is 2. The van der Waals surface area contributed by atoms with Gasteiger partial charge in [0.1, 0.15) is 0 Å². The lowest BCUT2D eigenvalue weighted by Crippen LogP contribution is -2.12. The van der Waals surface area contributed by atoms with Crippen LogP contribution >= 0.6 is 15.9 Å². The molecule has 0 aliphatic heterocycles. The van der Waals surface area contributed by atoms with Crippen LogP contribution in [0.1, 0.15) is 20.7 Å². The number of carboxylic acids is 1. The van der Waals surface area contributed by atoms with Gasteiger partial charge in [-0.05, 0) is 46.3 Å². The van der Waals surface area contributed by atoms with E-state index in [1.807, 2.05) is 0 Å². The zero-order chi connectivity index (χ0) is 15.6. The molecule has 0 radical (unpaired) electrons. The lowest BCUT2D eigenvalue weighted by molar-refractivity contribution is 0.0695. The summed E-state index contributed by atoms with van der Waals surface area (Å²) in [5, 5.41) is 30.4. The van der Waals surface area contributed by atoms with Crippen LogP contribution < -0.4 is 5.32 Å². The van der Waals surface area contributed by atoms with Crippen molar-refractivity contribution < 1.29 is 24.9 Å². The summed E-state index contributed by atoms with van der Waals surface area (Å²) < 4.78 is 0.383. The van der Waals surface area contributed by atoms with Crippen LogP contribution in [0.25, 0.3) is 0 Å². The second-order valence-corrected chi connectivity index (χ2v) is 4.98. The number of amides is 1. The number of carbonyl (C=O) groups excluding carboxylic acids is 1. The topological polar surface area (TPSA) is 107 Å². The number of phenolic OH excluding ortho intramolecular Hbond substituents is 2. The molecule has 0 aliphatic carbocycles. The normalized spacial score (nSPS) is 10.1. The molecule has 0 saturated carbocycles. The fraction of sp³-hybridized carbons (Fsp3) is 0. The fourth-order valence-electron chi connectivity index (χ4n) is 1.68. The van der Waals surface area contributed by atoms with Crippen LogP contribution in [0, 0.1) is 0 Å². The molecule has 0 spiro atoms. The Morgan fingerprint density at radius 2 is 1.76 bits per heavy atom. The Labute approximate surface area is 127 Å². The Bertz CT molecular complexity index is 729. The number of hydrogen-bond donors (Lipinski definition) is 4. The highest BCUT2D eigenvalue weighted by molar-refractivity contribution is 9.10. The summed E-state index contributed by atoms with van der Waals surface area (Å²) in [7, 11) is 0. The number of benzene rings is 2. The van der Waals surface area contributed by atoms with Gasteiger partial charge in [0.05, 0.1) is 11.1 Å². The quantitative estimate of drug-likeness (QED) is 0.636. The van der Waals surface area contributed by atoms with E-state index in [0.717, 1.165) is 0 Å². The molecular formula is C14H10BrNO5. The standard InChI is InChI=1S/C14H10BrNO5/c15-10-5-4-7(6-9(10)14(20)21)16-13(19)8-2-1-3-11(17)12(8)18/h1-6,17-18H,(H,16,19)(H,20,21). The molecule has 108 valence electrons. The van der Waals surface area contributed by atoms with Gasteiger partial charge in [0, 0.05) is 10.2 Å². The number of halogens is 1. The maximum Gasteiger partial charge on any atom is 0.336 e. The van der Waals surface area contributed by atoms with Crippen LogP contribution in [0.15, 0.2) is 40.9 Å². The van der Waals surface area contributed by atoms with Gasteiger partial charge in [-0.1, -0.05) is 6.07 Å². The van der Waals surface area contributed by atoms with E-state index < -0.39 is 23.4 Å². The van der Waals surface area contributed by atoms with E-state index in [-0.39, 0.29) is 16.8 Å². The molecule has 0 aromatic heterocycles. The lowest BCUT2D eigenvalue weighted by atomic mass is 10.1. The van der Waals surface area contributed by atoms with E-state index >= 15 is 0 Å². The molecule has 4 N–H and O–H groups in total. The number of aromatic carboxylic acids is 1. The minimum absolute atomic E-state index is 0.00655. The van der Waals surface area contributed by atoms with Crippen molar-refractivity contribution in [1.82, 2.24) is 0 Å². The number of hydrogen-bond acceptors (Lipinski definition) is 4. The van der Waals surface area contributed by atoms with Crippen LogP contribution in [-0.4, -0.2) is 27.2 Å². The predicted octanol–water partition coefficient (Wildman–Crippen LogP) is 2.81. The molecule has 0 heterocycles. The van der Waals surface area contributed by atoms with E-state index in [2.05, 4.69) is 21.2 Å². The zero-order valence-electron chi connectivity index (χ0n) is 10.5. The minimum Gasteiger partial charge on any atom is -0.504 e. The average molecular weight is 352 g/mol. The molecular weight excluding hydrogens is 342 g/mol. The van der Waals surface area contributed by atoms with Gasteiger partial charge >= 0.3 is 5.97 Å². The third-order valence-corrected chi connectivity index (χ3v) is 3.41. The molecule has 0 unspecified atom stereocenters. The Kier molecular flexibility index (Phi) is 4.13. The summed E-state index contributed by atoms with van der Waals surface area (Å²) in [6, 6.07) is 8.27. The second-order valence-electron chi connectivity index (χ2n) is 4.13. The average Bonchev–Trinajstić information content (AvgIpc) is 2.43. The van der Waals surface area contributed by atoms with E-state index in [1.54, 1.807) is 0 Å². The van der Waals surface area contributed by atoms with E-state index in [4.69, 9.17) is 5.11 Å². The van der Waals surface area contributed by atoms with Crippen LogP contribution in [0.4, 0.5) is 5.69 Å². The van der Waals surface area contributed by atoms with Gasteiger partial charge in [-0.2, -0.15) is 0 Å². The molecule has 2 aromatic rings. The maximum absolute atomic E-state index is 12.0. The molecule has 1 amide bonds. The molecule has 0 saturated heterocycles. The maximum atomic E-state index is 12.0. The van der Waals surface area contributed by atoms with Crippen molar-refractivity contribution >= 4 is 33.5 Å². The minimum atomic E-state index is -1.14.